The average Bonchev–Trinajstić information content (AvgIpc) is 2.00. The molecule has 1 nitrogen and oxygen atoms in total. The second-order valence-corrected chi connectivity index (χ2v) is 3.27. The zero-order valence-electron chi connectivity index (χ0n) is 7.71. The third-order valence-electron chi connectivity index (χ3n) is 2.08. The standard InChI is InChI=1S/C10H20O/c1-4-6-7-10(11)8-9(3)5-2/h4,9-11H,1,5-8H2,2-3H3/t9-,10-/m0/s1. The molecule has 0 aromatic rings. The molecule has 2 atom stereocenters. The Kier molecular flexibility index (Phi) is 6.24. The topological polar surface area (TPSA) is 20.2 Å². The minimum absolute atomic E-state index is 0.122. The lowest BCUT2D eigenvalue weighted by atomic mass is 9.98. The van der Waals surface area contributed by atoms with E-state index in [0.29, 0.717) is 5.92 Å². The molecule has 66 valence electrons. The van der Waals surface area contributed by atoms with Crippen molar-refractivity contribution in [2.24, 2.45) is 5.92 Å². The lowest BCUT2D eigenvalue weighted by Crippen LogP contribution is -2.10. The zero-order valence-corrected chi connectivity index (χ0v) is 7.71. The Morgan fingerprint density at radius 1 is 1.55 bits per heavy atom. The van der Waals surface area contributed by atoms with Crippen molar-refractivity contribution in [2.75, 3.05) is 0 Å². The summed E-state index contributed by atoms with van der Waals surface area (Å²) in [5.41, 5.74) is 0. The van der Waals surface area contributed by atoms with E-state index in [1.165, 1.54) is 0 Å². The molecule has 0 spiro atoms. The molecule has 0 heterocycles. The first-order valence-corrected chi connectivity index (χ1v) is 4.49. The van der Waals surface area contributed by atoms with Gasteiger partial charge >= 0.3 is 0 Å². The SMILES string of the molecule is C=CCC[C@H](O)C[C@@H](C)CC. The minimum Gasteiger partial charge on any atom is -0.393 e. The second-order valence-electron chi connectivity index (χ2n) is 3.27. The highest BCUT2D eigenvalue weighted by atomic mass is 16.3. The van der Waals surface area contributed by atoms with Crippen LogP contribution in [0.2, 0.25) is 0 Å². The second kappa shape index (κ2) is 6.41. The summed E-state index contributed by atoms with van der Waals surface area (Å²) in [6.45, 7) is 7.96. The number of hydrogen-bond donors (Lipinski definition) is 1. The van der Waals surface area contributed by atoms with Gasteiger partial charge in [-0.3, -0.25) is 0 Å². The predicted molar refractivity (Wildman–Crippen MR) is 49.5 cm³/mol. The first kappa shape index (κ1) is 10.7. The number of hydrogen-bond acceptors (Lipinski definition) is 1. The van der Waals surface area contributed by atoms with Gasteiger partial charge in [-0.05, 0) is 25.2 Å². The number of rotatable bonds is 6. The van der Waals surface area contributed by atoms with Gasteiger partial charge in [0.1, 0.15) is 0 Å². The molecule has 0 amide bonds. The van der Waals surface area contributed by atoms with Crippen molar-refractivity contribution in [3.8, 4) is 0 Å². The van der Waals surface area contributed by atoms with Crippen molar-refractivity contribution < 1.29 is 5.11 Å². The normalized spacial score (nSPS) is 15.9. The summed E-state index contributed by atoms with van der Waals surface area (Å²) in [6, 6.07) is 0. The Labute approximate surface area is 70.1 Å². The van der Waals surface area contributed by atoms with E-state index in [1.807, 2.05) is 6.08 Å². The predicted octanol–water partition coefficient (Wildman–Crippen LogP) is 2.75. The summed E-state index contributed by atoms with van der Waals surface area (Å²) in [5, 5.41) is 9.43. The molecule has 0 fully saturated rings. The molecule has 0 aliphatic carbocycles. The molecule has 0 bridgehead atoms. The van der Waals surface area contributed by atoms with E-state index in [1.54, 1.807) is 0 Å². The highest BCUT2D eigenvalue weighted by molar-refractivity contribution is 4.70. The van der Waals surface area contributed by atoms with Crippen LogP contribution in [0.3, 0.4) is 0 Å². The fraction of sp³-hybridized carbons (Fsp3) is 0.800. The van der Waals surface area contributed by atoms with E-state index in [2.05, 4.69) is 20.4 Å². The molecule has 0 aromatic carbocycles. The highest BCUT2D eigenvalue weighted by Gasteiger charge is 2.06. The molecule has 0 radical (unpaired) electrons. The molecule has 1 N–H and O–H groups in total. The lowest BCUT2D eigenvalue weighted by Gasteiger charge is -2.13. The molecular formula is C10H20O. The number of aliphatic hydroxyl groups excluding tert-OH is 1. The van der Waals surface area contributed by atoms with E-state index < -0.39 is 0 Å². The summed E-state index contributed by atoms with van der Waals surface area (Å²) in [7, 11) is 0. The Morgan fingerprint density at radius 2 is 2.18 bits per heavy atom. The smallest absolute Gasteiger partial charge is 0.0545 e. The summed E-state index contributed by atoms with van der Waals surface area (Å²) in [4.78, 5) is 0. The third kappa shape index (κ3) is 6.11. The van der Waals surface area contributed by atoms with Crippen LogP contribution in [0.5, 0.6) is 0 Å². The van der Waals surface area contributed by atoms with Gasteiger partial charge in [-0.25, -0.2) is 0 Å². The van der Waals surface area contributed by atoms with Crippen LogP contribution in [0.25, 0.3) is 0 Å². The van der Waals surface area contributed by atoms with Crippen LogP contribution in [0, 0.1) is 5.92 Å². The number of allylic oxidation sites excluding steroid dienone is 1. The van der Waals surface area contributed by atoms with Crippen molar-refractivity contribution in [3.05, 3.63) is 12.7 Å². The van der Waals surface area contributed by atoms with E-state index in [4.69, 9.17) is 0 Å². The number of aliphatic hydroxyl groups is 1. The lowest BCUT2D eigenvalue weighted by molar-refractivity contribution is 0.136. The maximum atomic E-state index is 9.43. The molecule has 0 saturated heterocycles. The molecule has 1 heteroatoms. The van der Waals surface area contributed by atoms with Crippen LogP contribution in [0.15, 0.2) is 12.7 Å². The van der Waals surface area contributed by atoms with Gasteiger partial charge in [0, 0.05) is 0 Å². The van der Waals surface area contributed by atoms with Crippen molar-refractivity contribution in [1.82, 2.24) is 0 Å². The fourth-order valence-electron chi connectivity index (χ4n) is 1.06. The van der Waals surface area contributed by atoms with Crippen LogP contribution >= 0.6 is 0 Å². The van der Waals surface area contributed by atoms with Crippen molar-refractivity contribution in [2.45, 2.75) is 45.6 Å². The van der Waals surface area contributed by atoms with Crippen molar-refractivity contribution in [3.63, 3.8) is 0 Å². The maximum absolute atomic E-state index is 9.43. The van der Waals surface area contributed by atoms with Crippen molar-refractivity contribution >= 4 is 0 Å². The van der Waals surface area contributed by atoms with E-state index in [9.17, 15) is 5.11 Å². The molecular weight excluding hydrogens is 136 g/mol. The molecule has 0 aliphatic heterocycles. The summed E-state index contributed by atoms with van der Waals surface area (Å²) in [5.74, 6) is 0.648. The Hall–Kier alpha value is -0.300. The van der Waals surface area contributed by atoms with Gasteiger partial charge < -0.3 is 5.11 Å². The first-order valence-electron chi connectivity index (χ1n) is 4.49. The molecule has 0 saturated carbocycles. The summed E-state index contributed by atoms with van der Waals surface area (Å²) in [6.07, 6.45) is 5.63. The third-order valence-corrected chi connectivity index (χ3v) is 2.08. The van der Waals surface area contributed by atoms with Gasteiger partial charge in [-0.2, -0.15) is 0 Å². The van der Waals surface area contributed by atoms with Crippen LogP contribution in [0.1, 0.15) is 39.5 Å². The van der Waals surface area contributed by atoms with Crippen LogP contribution in [0.4, 0.5) is 0 Å². The van der Waals surface area contributed by atoms with Crippen molar-refractivity contribution in [1.29, 1.82) is 0 Å². The first-order chi connectivity index (χ1) is 5.20. The Morgan fingerprint density at radius 3 is 2.64 bits per heavy atom. The van der Waals surface area contributed by atoms with E-state index in [-0.39, 0.29) is 6.10 Å². The van der Waals surface area contributed by atoms with Crippen LogP contribution < -0.4 is 0 Å². The van der Waals surface area contributed by atoms with Gasteiger partial charge in [-0.1, -0.05) is 26.3 Å². The average molecular weight is 156 g/mol. The van der Waals surface area contributed by atoms with Gasteiger partial charge in [0.2, 0.25) is 0 Å². The molecule has 0 unspecified atom stereocenters. The Balaban J connectivity index is 3.34. The highest BCUT2D eigenvalue weighted by Crippen LogP contribution is 2.12. The monoisotopic (exact) mass is 156 g/mol. The molecule has 0 rings (SSSR count). The van der Waals surface area contributed by atoms with Crippen LogP contribution in [-0.2, 0) is 0 Å². The van der Waals surface area contributed by atoms with Gasteiger partial charge in [-0.15, -0.1) is 6.58 Å². The largest absolute Gasteiger partial charge is 0.393 e. The summed E-state index contributed by atoms with van der Waals surface area (Å²) >= 11 is 0. The zero-order chi connectivity index (χ0) is 8.69. The minimum atomic E-state index is -0.122. The van der Waals surface area contributed by atoms with Gasteiger partial charge in [0.15, 0.2) is 0 Å². The Bertz CT molecular complexity index is 99.0. The molecule has 11 heavy (non-hydrogen) atoms. The quantitative estimate of drug-likeness (QED) is 0.586. The van der Waals surface area contributed by atoms with E-state index in [0.717, 1.165) is 25.7 Å². The fourth-order valence-corrected chi connectivity index (χ4v) is 1.06. The van der Waals surface area contributed by atoms with Gasteiger partial charge in [0.25, 0.3) is 0 Å². The van der Waals surface area contributed by atoms with Crippen LogP contribution in [-0.4, -0.2) is 11.2 Å². The summed E-state index contributed by atoms with van der Waals surface area (Å²) < 4.78 is 0. The van der Waals surface area contributed by atoms with Gasteiger partial charge in [0.05, 0.1) is 6.10 Å². The maximum Gasteiger partial charge on any atom is 0.0545 e. The van der Waals surface area contributed by atoms with E-state index >= 15 is 0 Å². The molecule has 0 aliphatic rings. The molecule has 0 aromatic heterocycles.